The van der Waals surface area contributed by atoms with Crippen molar-refractivity contribution in [1.29, 1.82) is 0 Å². The summed E-state index contributed by atoms with van der Waals surface area (Å²) in [6.45, 7) is 0.0271. The number of nitrogens with zero attached hydrogens (tertiary/aromatic N) is 1. The topological polar surface area (TPSA) is 21.7 Å². The van der Waals surface area contributed by atoms with E-state index >= 15 is 0 Å². The first-order valence-corrected chi connectivity index (χ1v) is 15.5. The highest BCUT2D eigenvalue weighted by Gasteiger charge is 2.42. The molecule has 0 spiro atoms. The molecule has 0 amide bonds. The van der Waals surface area contributed by atoms with Crippen LogP contribution in [0.25, 0.3) is 11.1 Å². The van der Waals surface area contributed by atoms with E-state index in [0.717, 1.165) is 60.7 Å². The lowest BCUT2D eigenvalue weighted by Gasteiger charge is -2.34. The molecule has 3 heterocycles. The highest BCUT2D eigenvalue weighted by atomic mass is 79.9. The molecule has 198 valence electrons. The first-order chi connectivity index (χ1) is 20.7. The molecule has 9 rings (SSSR count). The van der Waals surface area contributed by atoms with Gasteiger partial charge in [0.05, 0.1) is 15.8 Å². The summed E-state index contributed by atoms with van der Waals surface area (Å²) in [5.74, 6) is 3.44. The highest BCUT2D eigenvalue weighted by Crippen LogP contribution is 2.51. The van der Waals surface area contributed by atoms with Crippen molar-refractivity contribution in [2.45, 2.75) is 9.79 Å². The summed E-state index contributed by atoms with van der Waals surface area (Å²) in [7, 11) is 0. The number of fused-ring (bicyclic) bond motifs is 6. The van der Waals surface area contributed by atoms with E-state index in [0.29, 0.717) is 0 Å². The molecule has 0 radical (unpaired) electrons. The zero-order valence-electron chi connectivity index (χ0n) is 22.3. The average Bonchev–Trinajstić information content (AvgIpc) is 3.05. The van der Waals surface area contributed by atoms with Gasteiger partial charge in [0.1, 0.15) is 23.0 Å². The maximum atomic E-state index is 6.71. The molecule has 3 nitrogen and oxygen atoms in total. The minimum absolute atomic E-state index is 0.0271. The molecule has 0 aromatic heterocycles. The fourth-order valence-corrected chi connectivity index (χ4v) is 8.00. The highest BCUT2D eigenvalue weighted by molar-refractivity contribution is 9.10. The molecule has 0 unspecified atom stereocenters. The van der Waals surface area contributed by atoms with E-state index in [1.54, 1.807) is 0 Å². The van der Waals surface area contributed by atoms with Gasteiger partial charge in [-0.3, -0.25) is 0 Å². The number of rotatable bonds is 2. The second-order valence-electron chi connectivity index (χ2n) is 10.6. The van der Waals surface area contributed by atoms with E-state index in [9.17, 15) is 0 Å². The second-order valence-corrected chi connectivity index (χ2v) is 12.5. The lowest BCUT2D eigenvalue weighted by molar-refractivity contribution is 0.463. The van der Waals surface area contributed by atoms with Gasteiger partial charge in [-0.15, -0.1) is 0 Å². The number of ether oxygens (including phenoxy) is 2. The van der Waals surface area contributed by atoms with Gasteiger partial charge in [0.25, 0.3) is 6.71 Å². The summed E-state index contributed by atoms with van der Waals surface area (Å²) >= 11 is 5.68. The van der Waals surface area contributed by atoms with Crippen molar-refractivity contribution in [2.75, 3.05) is 4.90 Å². The summed E-state index contributed by atoms with van der Waals surface area (Å²) < 4.78 is 14.1. The molecule has 0 bridgehead atoms. The zero-order valence-corrected chi connectivity index (χ0v) is 24.7. The number of hydrogen-bond donors (Lipinski definition) is 0. The van der Waals surface area contributed by atoms with Crippen LogP contribution < -0.4 is 30.8 Å². The standard InChI is InChI=1S/C36H21BBrNO2S/c38-27-21-24(35-34-36(27)41-31-14-6-2-10-26(31)37(34)25-9-1-5-13-30(25)40-35)22-17-19-23(20-18-22)39-28-11-3-7-15-32(28)42-33-16-8-4-12-29(33)39/h1-21H. The molecule has 0 aliphatic carbocycles. The number of anilines is 3. The van der Waals surface area contributed by atoms with Gasteiger partial charge in [0, 0.05) is 26.5 Å². The normalized spacial score (nSPS) is 13.5. The van der Waals surface area contributed by atoms with E-state index in [-0.39, 0.29) is 6.71 Å². The molecule has 3 aliphatic heterocycles. The summed E-state index contributed by atoms with van der Waals surface area (Å²) in [4.78, 5) is 4.86. The molecule has 3 aliphatic rings. The van der Waals surface area contributed by atoms with Crippen LogP contribution in [0.2, 0.25) is 0 Å². The van der Waals surface area contributed by atoms with Crippen molar-refractivity contribution >= 4 is 67.9 Å². The molecule has 0 saturated heterocycles. The van der Waals surface area contributed by atoms with Gasteiger partial charge >= 0.3 is 0 Å². The minimum Gasteiger partial charge on any atom is -0.458 e. The molecular weight excluding hydrogens is 601 g/mol. The maximum absolute atomic E-state index is 6.71. The zero-order chi connectivity index (χ0) is 27.8. The van der Waals surface area contributed by atoms with Crippen molar-refractivity contribution in [1.82, 2.24) is 0 Å². The second kappa shape index (κ2) is 9.31. The fourth-order valence-electron chi connectivity index (χ4n) is 6.42. The van der Waals surface area contributed by atoms with Gasteiger partial charge in [-0.1, -0.05) is 84.6 Å². The van der Waals surface area contributed by atoms with Crippen molar-refractivity contribution in [3.05, 3.63) is 132 Å². The fraction of sp³-hybridized carbons (Fsp3) is 0. The van der Waals surface area contributed by atoms with E-state index in [1.807, 2.05) is 30.0 Å². The van der Waals surface area contributed by atoms with Crippen LogP contribution in [0.4, 0.5) is 17.1 Å². The molecule has 6 aromatic rings. The first kappa shape index (κ1) is 24.2. The maximum Gasteiger partial charge on any atom is 0.260 e. The summed E-state index contributed by atoms with van der Waals surface area (Å²) in [6, 6.07) is 44.8. The van der Waals surface area contributed by atoms with Crippen molar-refractivity contribution < 1.29 is 9.47 Å². The van der Waals surface area contributed by atoms with E-state index in [2.05, 4.69) is 130 Å². The SMILES string of the molecule is Brc1cc(-c2ccc(N3c4ccccc4Sc4ccccc43)cc2)c2c3c1Oc1ccccc1B3c1ccccc1O2. The quantitative estimate of drug-likeness (QED) is 0.180. The van der Waals surface area contributed by atoms with Crippen molar-refractivity contribution in [2.24, 2.45) is 0 Å². The van der Waals surface area contributed by atoms with Crippen LogP contribution in [0, 0.1) is 0 Å². The number of para-hydroxylation sites is 4. The Hall–Kier alpha value is -4.39. The summed E-state index contributed by atoms with van der Waals surface area (Å²) in [6.07, 6.45) is 0. The molecule has 6 heteroatoms. The third-order valence-electron chi connectivity index (χ3n) is 8.26. The van der Waals surface area contributed by atoms with E-state index in [1.165, 1.54) is 21.2 Å². The molecule has 0 saturated carbocycles. The Kier molecular flexibility index (Phi) is 5.37. The smallest absolute Gasteiger partial charge is 0.260 e. The number of halogens is 1. The van der Waals surface area contributed by atoms with Crippen LogP contribution >= 0.6 is 27.7 Å². The molecule has 0 fully saturated rings. The predicted octanol–water partition coefficient (Wildman–Crippen LogP) is 8.78. The minimum atomic E-state index is 0.0271. The van der Waals surface area contributed by atoms with Gasteiger partial charge in [-0.25, -0.2) is 0 Å². The Bertz CT molecular complexity index is 2010. The van der Waals surface area contributed by atoms with Gasteiger partial charge in [-0.2, -0.15) is 0 Å². The lowest BCUT2D eigenvalue weighted by Crippen LogP contribution is -2.57. The Morgan fingerprint density at radius 3 is 1.79 bits per heavy atom. The lowest BCUT2D eigenvalue weighted by atomic mass is 9.34. The average molecular weight is 622 g/mol. The third kappa shape index (κ3) is 3.55. The van der Waals surface area contributed by atoms with Crippen LogP contribution in [0.5, 0.6) is 23.0 Å². The van der Waals surface area contributed by atoms with Crippen LogP contribution in [0.3, 0.4) is 0 Å². The largest absolute Gasteiger partial charge is 0.458 e. The Labute approximate surface area is 256 Å². The van der Waals surface area contributed by atoms with E-state index < -0.39 is 0 Å². The number of benzene rings is 6. The van der Waals surface area contributed by atoms with Gasteiger partial charge in [0.2, 0.25) is 0 Å². The van der Waals surface area contributed by atoms with E-state index in [4.69, 9.17) is 9.47 Å². The van der Waals surface area contributed by atoms with Crippen molar-refractivity contribution in [3.8, 4) is 34.1 Å². The molecule has 6 aromatic carbocycles. The van der Waals surface area contributed by atoms with Crippen LogP contribution in [-0.4, -0.2) is 6.71 Å². The first-order valence-electron chi connectivity index (χ1n) is 13.9. The Morgan fingerprint density at radius 2 is 1.14 bits per heavy atom. The van der Waals surface area contributed by atoms with Crippen molar-refractivity contribution in [3.63, 3.8) is 0 Å². The van der Waals surface area contributed by atoms with Gasteiger partial charge in [0.15, 0.2) is 0 Å². The summed E-state index contributed by atoms with van der Waals surface area (Å²) in [5.41, 5.74) is 9.00. The molecule has 0 atom stereocenters. The van der Waals surface area contributed by atoms with Gasteiger partial charge < -0.3 is 14.4 Å². The predicted molar refractivity (Wildman–Crippen MR) is 176 cm³/mol. The van der Waals surface area contributed by atoms with Crippen LogP contribution in [0.1, 0.15) is 0 Å². The molecular formula is C36H21BBrNO2S. The molecule has 0 N–H and O–H groups in total. The van der Waals surface area contributed by atoms with Crippen LogP contribution in [0.15, 0.2) is 142 Å². The monoisotopic (exact) mass is 621 g/mol. The molecule has 42 heavy (non-hydrogen) atoms. The van der Waals surface area contributed by atoms with Gasteiger partial charge in [-0.05, 0) is 87.0 Å². The number of hydrogen-bond acceptors (Lipinski definition) is 4. The Morgan fingerprint density at radius 1 is 0.595 bits per heavy atom. The Balaban J connectivity index is 1.20. The van der Waals surface area contributed by atoms with Crippen LogP contribution in [-0.2, 0) is 0 Å². The summed E-state index contributed by atoms with van der Waals surface area (Å²) in [5, 5.41) is 0. The third-order valence-corrected chi connectivity index (χ3v) is 9.98.